The van der Waals surface area contributed by atoms with Crippen LogP contribution >= 0.6 is 0 Å². The molecule has 0 bridgehead atoms. The van der Waals surface area contributed by atoms with E-state index < -0.39 is 0 Å². The summed E-state index contributed by atoms with van der Waals surface area (Å²) in [6.07, 6.45) is 7.76. The highest BCUT2D eigenvalue weighted by Crippen LogP contribution is 2.34. The maximum Gasteiger partial charge on any atom is 0.309 e. The Balaban J connectivity index is 2.22. The van der Waals surface area contributed by atoms with Crippen LogP contribution in [0, 0.1) is 11.5 Å². The zero-order valence-corrected chi connectivity index (χ0v) is 5.25. The van der Waals surface area contributed by atoms with Crippen LogP contribution in [-0.4, -0.2) is 23.6 Å². The molecule has 9 heavy (non-hydrogen) atoms. The van der Waals surface area contributed by atoms with Gasteiger partial charge in [0.25, 0.3) is 0 Å². The van der Waals surface area contributed by atoms with Crippen LogP contribution in [0.2, 0.25) is 0 Å². The lowest BCUT2D eigenvalue weighted by molar-refractivity contribution is -0.737. The van der Waals surface area contributed by atoms with Gasteiger partial charge in [-0.1, -0.05) is 6.08 Å². The predicted octanol–water partition coefficient (Wildman–Crippen LogP) is 0.626. The number of quaternary nitrogens is 1. The maximum atomic E-state index is 8.68. The molecule has 46 valence electrons. The summed E-state index contributed by atoms with van der Waals surface area (Å²) in [6.45, 7) is 2.03. The predicted molar refractivity (Wildman–Crippen MR) is 33.2 cm³/mol. The van der Waals surface area contributed by atoms with E-state index in [4.69, 9.17) is 5.26 Å². The maximum absolute atomic E-state index is 8.68. The van der Waals surface area contributed by atoms with Crippen LogP contribution in [0.1, 0.15) is 6.42 Å². The minimum absolute atomic E-state index is 0.653. The third-order valence-electron chi connectivity index (χ3n) is 2.31. The van der Waals surface area contributed by atoms with Gasteiger partial charge in [-0.3, -0.25) is 0 Å². The van der Waals surface area contributed by atoms with Crippen molar-refractivity contribution in [2.45, 2.75) is 12.5 Å². The molecule has 0 aromatic heterocycles. The van der Waals surface area contributed by atoms with E-state index in [2.05, 4.69) is 18.3 Å². The smallest absolute Gasteiger partial charge is 0.208 e. The molecule has 2 atom stereocenters. The van der Waals surface area contributed by atoms with E-state index >= 15 is 0 Å². The molecule has 0 aromatic carbocycles. The third kappa shape index (κ3) is 0.526. The molecular weight excluding hydrogens is 112 g/mol. The molecule has 0 radical (unpaired) electrons. The molecule has 2 nitrogen and oxygen atoms in total. The molecule has 0 amide bonds. The first kappa shape index (κ1) is 5.01. The second-order valence-corrected chi connectivity index (χ2v) is 2.86. The highest BCUT2D eigenvalue weighted by Gasteiger charge is 2.56. The fourth-order valence-corrected chi connectivity index (χ4v) is 1.51. The molecule has 2 aliphatic rings. The van der Waals surface area contributed by atoms with Crippen molar-refractivity contribution in [3.63, 3.8) is 0 Å². The van der Waals surface area contributed by atoms with E-state index in [0.717, 1.165) is 19.5 Å². The molecule has 0 saturated carbocycles. The Morgan fingerprint density at radius 3 is 3.00 bits per heavy atom. The summed E-state index contributed by atoms with van der Waals surface area (Å²) in [6, 6.07) is 0.653. The number of nitriles is 1. The Kier molecular flexibility index (Phi) is 0.762. The third-order valence-corrected chi connectivity index (χ3v) is 2.31. The van der Waals surface area contributed by atoms with E-state index in [1.54, 1.807) is 0 Å². The molecule has 2 heterocycles. The average molecular weight is 121 g/mol. The van der Waals surface area contributed by atoms with E-state index in [-0.39, 0.29) is 0 Å². The van der Waals surface area contributed by atoms with E-state index in [1.807, 2.05) is 0 Å². The lowest BCUT2D eigenvalue weighted by atomic mass is 10.2. The Morgan fingerprint density at radius 1 is 1.56 bits per heavy atom. The van der Waals surface area contributed by atoms with Crippen molar-refractivity contribution in [3.8, 4) is 6.19 Å². The Morgan fingerprint density at radius 2 is 2.44 bits per heavy atom. The molecule has 2 rings (SSSR count). The summed E-state index contributed by atoms with van der Waals surface area (Å²) in [4.78, 5) is 0. The van der Waals surface area contributed by atoms with Gasteiger partial charge in [0.1, 0.15) is 13.1 Å². The van der Waals surface area contributed by atoms with Gasteiger partial charge >= 0.3 is 6.19 Å². The van der Waals surface area contributed by atoms with Gasteiger partial charge in [0.15, 0.2) is 6.04 Å². The Labute approximate surface area is 54.6 Å². The van der Waals surface area contributed by atoms with Gasteiger partial charge in [-0.15, -0.1) is 5.26 Å². The van der Waals surface area contributed by atoms with Crippen molar-refractivity contribution in [1.29, 1.82) is 5.26 Å². The van der Waals surface area contributed by atoms with Gasteiger partial charge in [-0.25, -0.2) is 4.48 Å². The van der Waals surface area contributed by atoms with Crippen molar-refractivity contribution < 1.29 is 4.48 Å². The van der Waals surface area contributed by atoms with Crippen LogP contribution in [0.3, 0.4) is 0 Å². The van der Waals surface area contributed by atoms with Crippen LogP contribution in [0.4, 0.5) is 0 Å². The van der Waals surface area contributed by atoms with Crippen molar-refractivity contribution in [2.24, 2.45) is 0 Å². The SMILES string of the molecule is N#C[N+]12CC=CCC1C2. The zero-order valence-electron chi connectivity index (χ0n) is 5.25. The van der Waals surface area contributed by atoms with Crippen molar-refractivity contribution in [2.75, 3.05) is 13.1 Å². The first-order valence-electron chi connectivity index (χ1n) is 3.30. The fourth-order valence-electron chi connectivity index (χ4n) is 1.51. The summed E-state index contributed by atoms with van der Waals surface area (Å²) >= 11 is 0. The first-order valence-corrected chi connectivity index (χ1v) is 3.30. The molecule has 0 N–H and O–H groups in total. The van der Waals surface area contributed by atoms with Crippen LogP contribution in [0.15, 0.2) is 12.2 Å². The lowest BCUT2D eigenvalue weighted by Crippen LogP contribution is -2.24. The Hall–Kier alpha value is -0.810. The van der Waals surface area contributed by atoms with Gasteiger partial charge in [0.2, 0.25) is 0 Å². The second kappa shape index (κ2) is 1.37. The quantitative estimate of drug-likeness (QED) is 0.199. The first-order chi connectivity index (χ1) is 4.37. The van der Waals surface area contributed by atoms with Crippen molar-refractivity contribution in [1.82, 2.24) is 0 Å². The highest BCUT2D eigenvalue weighted by atomic mass is 15.5. The summed E-state index contributed by atoms with van der Waals surface area (Å²) in [7, 11) is 0. The summed E-state index contributed by atoms with van der Waals surface area (Å²) in [5, 5.41) is 8.68. The van der Waals surface area contributed by atoms with Crippen LogP contribution in [0.5, 0.6) is 0 Å². The second-order valence-electron chi connectivity index (χ2n) is 2.86. The largest absolute Gasteiger partial charge is 0.309 e. The summed E-state index contributed by atoms with van der Waals surface area (Å²) in [5.41, 5.74) is 0. The van der Waals surface area contributed by atoms with Gasteiger partial charge in [-0.2, -0.15) is 0 Å². The standard InChI is InChI=1S/C7H9N2/c8-6-9-4-2-1-3-7(9)5-9/h1-2,7H,3-5H2/q+1. The monoisotopic (exact) mass is 121 g/mol. The molecule has 2 unspecified atom stereocenters. The minimum atomic E-state index is 0.653. The van der Waals surface area contributed by atoms with Gasteiger partial charge in [0, 0.05) is 6.42 Å². The van der Waals surface area contributed by atoms with Crippen LogP contribution in [0.25, 0.3) is 0 Å². The molecule has 1 saturated heterocycles. The van der Waals surface area contributed by atoms with Gasteiger partial charge < -0.3 is 0 Å². The van der Waals surface area contributed by atoms with Gasteiger partial charge in [-0.05, 0) is 6.08 Å². The number of nitrogens with zero attached hydrogens (tertiary/aromatic N) is 2. The molecular formula is C7H9N2+. The molecule has 0 aliphatic carbocycles. The molecule has 1 fully saturated rings. The summed E-state index contributed by atoms with van der Waals surface area (Å²) in [5.74, 6) is 0. The minimum Gasteiger partial charge on any atom is -0.208 e. The van der Waals surface area contributed by atoms with Crippen LogP contribution < -0.4 is 0 Å². The number of fused-ring (bicyclic) bond motifs is 1. The molecule has 2 aliphatic heterocycles. The average Bonchev–Trinajstić information content (AvgIpc) is 2.62. The van der Waals surface area contributed by atoms with E-state index in [9.17, 15) is 0 Å². The zero-order chi connectivity index (χ0) is 6.32. The lowest BCUT2D eigenvalue weighted by Gasteiger charge is -2.08. The van der Waals surface area contributed by atoms with Gasteiger partial charge in [0.05, 0.1) is 0 Å². The molecule has 2 heteroatoms. The highest BCUT2D eigenvalue weighted by molar-refractivity contribution is 4.99. The molecule has 0 spiro atoms. The number of hydrogen-bond donors (Lipinski definition) is 0. The van der Waals surface area contributed by atoms with Crippen LogP contribution in [-0.2, 0) is 0 Å². The number of rotatable bonds is 0. The van der Waals surface area contributed by atoms with E-state index in [0.29, 0.717) is 10.5 Å². The Bertz CT molecular complexity index is 201. The summed E-state index contributed by atoms with van der Waals surface area (Å²) < 4.78 is 0.705. The van der Waals surface area contributed by atoms with Crippen molar-refractivity contribution >= 4 is 0 Å². The number of hydrogen-bond acceptors (Lipinski definition) is 1. The van der Waals surface area contributed by atoms with Crippen molar-refractivity contribution in [3.05, 3.63) is 12.2 Å². The fraction of sp³-hybridized carbons (Fsp3) is 0.571. The normalized spacial score (nSPS) is 45.4. The van der Waals surface area contributed by atoms with E-state index in [1.165, 1.54) is 0 Å². The topological polar surface area (TPSA) is 23.8 Å². The molecule has 0 aromatic rings.